The van der Waals surface area contributed by atoms with E-state index in [1.807, 2.05) is 35.2 Å². The van der Waals surface area contributed by atoms with Crippen LogP contribution in [0.4, 0.5) is 11.4 Å². The van der Waals surface area contributed by atoms with Crippen molar-refractivity contribution in [2.24, 2.45) is 4.99 Å². The van der Waals surface area contributed by atoms with Gasteiger partial charge in [0.05, 0.1) is 22.6 Å². The third-order valence-electron chi connectivity index (χ3n) is 5.47. The number of amides is 1. The molecule has 1 heterocycles. The Morgan fingerprint density at radius 1 is 1.16 bits per heavy atom. The number of rotatable bonds is 5. The summed E-state index contributed by atoms with van der Waals surface area (Å²) in [6.07, 6.45) is 6.94. The minimum atomic E-state index is -0.457. The first-order chi connectivity index (χ1) is 15.1. The third-order valence-corrected chi connectivity index (χ3v) is 6.45. The van der Waals surface area contributed by atoms with Crippen LogP contribution in [0, 0.1) is 10.1 Å². The molecule has 2 aromatic rings. The predicted molar refractivity (Wildman–Crippen MR) is 122 cm³/mol. The van der Waals surface area contributed by atoms with E-state index in [9.17, 15) is 14.9 Å². The molecule has 0 atom stereocenters. The van der Waals surface area contributed by atoms with E-state index in [2.05, 4.69) is 0 Å². The number of ether oxygens (including phenoxy) is 1. The van der Waals surface area contributed by atoms with Gasteiger partial charge in [-0.1, -0.05) is 37.5 Å². The highest BCUT2D eigenvalue weighted by atomic mass is 32.2. The first-order valence-corrected chi connectivity index (χ1v) is 11.1. The van der Waals surface area contributed by atoms with Crippen molar-refractivity contribution in [2.75, 3.05) is 7.11 Å². The number of hydrogen-bond acceptors (Lipinski definition) is 6. The maximum absolute atomic E-state index is 13.4. The molecule has 0 bridgehead atoms. The number of aliphatic imine (C=N–C) groups is 1. The lowest BCUT2D eigenvalue weighted by molar-refractivity contribution is -0.384. The molecule has 1 saturated carbocycles. The minimum absolute atomic E-state index is 0.0505. The summed E-state index contributed by atoms with van der Waals surface area (Å²) in [5.41, 5.74) is 1.23. The monoisotopic (exact) mass is 437 g/mol. The zero-order chi connectivity index (χ0) is 21.8. The van der Waals surface area contributed by atoms with Crippen molar-refractivity contribution in [3.8, 4) is 5.75 Å². The molecule has 0 radical (unpaired) electrons. The van der Waals surface area contributed by atoms with Crippen LogP contribution in [0.25, 0.3) is 6.08 Å². The van der Waals surface area contributed by atoms with Crippen LogP contribution in [0.5, 0.6) is 5.75 Å². The normalized spacial score (nSPS) is 19.9. The SMILES string of the molecule is COc1ccc([N+](=O)[O-])cc1/C=C1\SC(=Nc2ccccc2)N(C2CCCCC2)C1=O. The lowest BCUT2D eigenvalue weighted by Gasteiger charge is -2.30. The largest absolute Gasteiger partial charge is 0.496 e. The van der Waals surface area contributed by atoms with Crippen LogP contribution in [-0.4, -0.2) is 34.0 Å². The zero-order valence-electron chi connectivity index (χ0n) is 17.2. The molecule has 1 aliphatic carbocycles. The van der Waals surface area contributed by atoms with E-state index in [1.165, 1.54) is 37.4 Å². The first-order valence-electron chi connectivity index (χ1n) is 10.3. The van der Waals surface area contributed by atoms with Crippen LogP contribution in [0.15, 0.2) is 58.4 Å². The standard InChI is InChI=1S/C23H23N3O4S/c1-30-20-13-12-19(26(28)29)14-16(20)15-21-22(27)25(18-10-6-3-7-11-18)23(31-21)24-17-8-4-2-5-9-17/h2,4-5,8-9,12-15,18H,3,6-7,10-11H2,1H3/b21-15-,24-23?. The van der Waals surface area contributed by atoms with Gasteiger partial charge in [0.1, 0.15) is 5.75 Å². The molecule has 1 saturated heterocycles. The molecule has 7 nitrogen and oxygen atoms in total. The van der Waals surface area contributed by atoms with Crippen LogP contribution in [0.1, 0.15) is 37.7 Å². The highest BCUT2D eigenvalue weighted by molar-refractivity contribution is 8.18. The average molecular weight is 438 g/mol. The summed E-state index contributed by atoms with van der Waals surface area (Å²) in [6, 6.07) is 14.0. The van der Waals surface area contributed by atoms with E-state index in [4.69, 9.17) is 9.73 Å². The van der Waals surface area contributed by atoms with Crippen LogP contribution in [0.2, 0.25) is 0 Å². The molecule has 2 aromatic carbocycles. The molecule has 0 unspecified atom stereocenters. The van der Waals surface area contributed by atoms with Gasteiger partial charge in [0.25, 0.3) is 11.6 Å². The number of para-hydroxylation sites is 1. The summed E-state index contributed by atoms with van der Waals surface area (Å²) >= 11 is 1.31. The topological polar surface area (TPSA) is 85.0 Å². The van der Waals surface area contributed by atoms with E-state index < -0.39 is 4.92 Å². The maximum atomic E-state index is 13.4. The van der Waals surface area contributed by atoms with Gasteiger partial charge in [-0.3, -0.25) is 19.8 Å². The molecular formula is C23H23N3O4S. The van der Waals surface area contributed by atoms with Crippen molar-refractivity contribution in [1.29, 1.82) is 0 Å². The Labute approximate surface area is 185 Å². The number of nitro benzene ring substituents is 1. The fourth-order valence-corrected chi connectivity index (χ4v) is 4.98. The second kappa shape index (κ2) is 9.34. The molecular weight excluding hydrogens is 414 g/mol. The van der Waals surface area contributed by atoms with Crippen molar-refractivity contribution in [2.45, 2.75) is 38.1 Å². The van der Waals surface area contributed by atoms with Gasteiger partial charge < -0.3 is 4.74 Å². The van der Waals surface area contributed by atoms with Crippen LogP contribution in [-0.2, 0) is 4.79 Å². The number of nitrogens with zero attached hydrogens (tertiary/aromatic N) is 3. The average Bonchev–Trinajstić information content (AvgIpc) is 3.09. The van der Waals surface area contributed by atoms with Crippen molar-refractivity contribution >= 4 is 40.3 Å². The number of hydrogen-bond donors (Lipinski definition) is 0. The van der Waals surface area contributed by atoms with Crippen LogP contribution < -0.4 is 4.74 Å². The second-order valence-electron chi connectivity index (χ2n) is 7.49. The molecule has 8 heteroatoms. The number of carbonyl (C=O) groups excluding carboxylic acids is 1. The fraction of sp³-hybridized carbons (Fsp3) is 0.304. The van der Waals surface area contributed by atoms with Gasteiger partial charge in [-0.2, -0.15) is 0 Å². The molecule has 0 spiro atoms. The van der Waals surface area contributed by atoms with Gasteiger partial charge in [-0.15, -0.1) is 0 Å². The number of thioether (sulfide) groups is 1. The Hall–Kier alpha value is -3.13. The van der Waals surface area contributed by atoms with Crippen molar-refractivity contribution in [3.63, 3.8) is 0 Å². The molecule has 0 N–H and O–H groups in total. The van der Waals surface area contributed by atoms with Crippen LogP contribution >= 0.6 is 11.8 Å². The second-order valence-corrected chi connectivity index (χ2v) is 8.50. The first kappa shape index (κ1) is 21.1. The van der Waals surface area contributed by atoms with Gasteiger partial charge >= 0.3 is 0 Å². The zero-order valence-corrected chi connectivity index (χ0v) is 18.0. The molecule has 160 valence electrons. The predicted octanol–water partition coefficient (Wildman–Crippen LogP) is 5.54. The highest BCUT2D eigenvalue weighted by Gasteiger charge is 2.38. The molecule has 0 aromatic heterocycles. The molecule has 2 aliphatic rings. The van der Waals surface area contributed by atoms with Crippen molar-refractivity contribution in [3.05, 3.63) is 69.1 Å². The number of methoxy groups -OCH3 is 1. The summed E-state index contributed by atoms with van der Waals surface area (Å²) in [4.78, 5) is 31.2. The molecule has 1 aliphatic heterocycles. The summed E-state index contributed by atoms with van der Waals surface area (Å²) in [5, 5.41) is 11.9. The third kappa shape index (κ3) is 4.64. The Morgan fingerprint density at radius 2 is 1.90 bits per heavy atom. The van der Waals surface area contributed by atoms with E-state index in [0.717, 1.165) is 31.4 Å². The van der Waals surface area contributed by atoms with Gasteiger partial charge in [0, 0.05) is 23.7 Å². The lowest BCUT2D eigenvalue weighted by Crippen LogP contribution is -2.40. The molecule has 1 amide bonds. The highest BCUT2D eigenvalue weighted by Crippen LogP contribution is 2.39. The number of non-ortho nitro benzene ring substituents is 1. The van der Waals surface area contributed by atoms with Gasteiger partial charge in [-0.25, -0.2) is 4.99 Å². The summed E-state index contributed by atoms with van der Waals surface area (Å²) < 4.78 is 5.36. The van der Waals surface area contributed by atoms with Crippen molar-refractivity contribution < 1.29 is 14.5 Å². The summed E-state index contributed by atoms with van der Waals surface area (Å²) in [7, 11) is 1.50. The van der Waals surface area contributed by atoms with E-state index in [-0.39, 0.29) is 17.6 Å². The molecule has 4 rings (SSSR count). The van der Waals surface area contributed by atoms with Crippen molar-refractivity contribution in [1.82, 2.24) is 4.90 Å². The fourth-order valence-electron chi connectivity index (χ4n) is 3.93. The molecule has 31 heavy (non-hydrogen) atoms. The maximum Gasteiger partial charge on any atom is 0.270 e. The van der Waals surface area contributed by atoms with Gasteiger partial charge in [0.15, 0.2) is 5.17 Å². The lowest BCUT2D eigenvalue weighted by atomic mass is 9.94. The minimum Gasteiger partial charge on any atom is -0.496 e. The number of benzene rings is 2. The molecule has 2 fully saturated rings. The summed E-state index contributed by atoms with van der Waals surface area (Å²) in [6.45, 7) is 0. The van der Waals surface area contributed by atoms with E-state index in [0.29, 0.717) is 21.4 Å². The quantitative estimate of drug-likeness (QED) is 0.348. The Kier molecular flexibility index (Phi) is 6.36. The van der Waals surface area contributed by atoms with Gasteiger partial charge in [-0.05, 0) is 48.9 Å². The van der Waals surface area contributed by atoms with E-state index in [1.54, 1.807) is 12.1 Å². The Morgan fingerprint density at radius 3 is 2.58 bits per heavy atom. The Bertz CT molecular complexity index is 1050. The van der Waals surface area contributed by atoms with Gasteiger partial charge in [0.2, 0.25) is 0 Å². The Balaban J connectivity index is 1.74. The summed E-state index contributed by atoms with van der Waals surface area (Å²) in [5.74, 6) is 0.365. The number of amidine groups is 1. The smallest absolute Gasteiger partial charge is 0.270 e. The number of carbonyl (C=O) groups is 1. The number of nitro groups is 1. The van der Waals surface area contributed by atoms with E-state index >= 15 is 0 Å². The van der Waals surface area contributed by atoms with Crippen LogP contribution in [0.3, 0.4) is 0 Å².